The van der Waals surface area contributed by atoms with E-state index in [-0.39, 0.29) is 24.0 Å². The molecule has 0 aromatic heterocycles. The lowest BCUT2D eigenvalue weighted by Crippen LogP contribution is -2.35. The average Bonchev–Trinajstić information content (AvgIpc) is 2.31. The van der Waals surface area contributed by atoms with Crippen LogP contribution in [0.2, 0.25) is 0 Å². The monoisotopic (exact) mass is 377 g/mol. The van der Waals surface area contributed by atoms with E-state index in [1.807, 2.05) is 63.1 Å². The molecule has 0 saturated heterocycles. The van der Waals surface area contributed by atoms with Crippen molar-refractivity contribution in [1.29, 1.82) is 0 Å². The molecule has 1 rings (SSSR count). The molecule has 108 valence electrons. The van der Waals surface area contributed by atoms with Crippen LogP contribution < -0.4 is 4.74 Å². The van der Waals surface area contributed by atoms with Gasteiger partial charge in [-0.1, -0.05) is 18.2 Å². The summed E-state index contributed by atoms with van der Waals surface area (Å²) in [5, 5.41) is 0. The minimum absolute atomic E-state index is 0. The Morgan fingerprint density at radius 1 is 1.11 bits per heavy atom. The first-order valence-electron chi connectivity index (χ1n) is 6.16. The summed E-state index contributed by atoms with van der Waals surface area (Å²) < 4.78 is 5.59. The molecular formula is C14H24IN3O. The van der Waals surface area contributed by atoms with Crippen molar-refractivity contribution in [2.75, 3.05) is 34.8 Å². The van der Waals surface area contributed by atoms with Gasteiger partial charge in [0, 0.05) is 33.8 Å². The van der Waals surface area contributed by atoms with Crippen LogP contribution in [-0.2, 0) is 6.54 Å². The molecule has 0 radical (unpaired) electrons. The van der Waals surface area contributed by atoms with Crippen molar-refractivity contribution in [3.8, 4) is 5.75 Å². The van der Waals surface area contributed by atoms with Gasteiger partial charge in [0.15, 0.2) is 5.96 Å². The molecule has 0 amide bonds. The van der Waals surface area contributed by atoms with Crippen molar-refractivity contribution < 1.29 is 4.74 Å². The summed E-state index contributed by atoms with van der Waals surface area (Å²) in [6.45, 7) is 3.29. The highest BCUT2D eigenvalue weighted by molar-refractivity contribution is 14.0. The van der Waals surface area contributed by atoms with Crippen LogP contribution in [0.4, 0.5) is 0 Å². The molecule has 0 fully saturated rings. The molecule has 0 aliphatic rings. The molecular weight excluding hydrogens is 353 g/mol. The van der Waals surface area contributed by atoms with Gasteiger partial charge in [0.1, 0.15) is 5.75 Å². The number of benzene rings is 1. The summed E-state index contributed by atoms with van der Waals surface area (Å²) in [6, 6.07) is 8.03. The number of halogens is 1. The van der Waals surface area contributed by atoms with Gasteiger partial charge in [-0.3, -0.25) is 0 Å². The molecule has 0 bridgehead atoms. The first-order valence-corrected chi connectivity index (χ1v) is 6.16. The number of nitrogens with zero attached hydrogens (tertiary/aromatic N) is 3. The lowest BCUT2D eigenvalue weighted by molar-refractivity contribution is 0.336. The van der Waals surface area contributed by atoms with Gasteiger partial charge in [-0.25, -0.2) is 4.99 Å². The van der Waals surface area contributed by atoms with Crippen LogP contribution in [0.15, 0.2) is 29.3 Å². The van der Waals surface area contributed by atoms with Crippen molar-refractivity contribution in [1.82, 2.24) is 9.80 Å². The van der Waals surface area contributed by atoms with E-state index in [0.29, 0.717) is 13.2 Å². The van der Waals surface area contributed by atoms with Crippen LogP contribution >= 0.6 is 24.0 Å². The Hall–Kier alpha value is -0.980. The summed E-state index contributed by atoms with van der Waals surface area (Å²) in [5.74, 6) is 1.86. The molecule has 0 heterocycles. The van der Waals surface area contributed by atoms with Gasteiger partial charge in [0.25, 0.3) is 0 Å². The van der Waals surface area contributed by atoms with Crippen molar-refractivity contribution in [2.24, 2.45) is 4.99 Å². The summed E-state index contributed by atoms with van der Waals surface area (Å²) in [4.78, 5) is 8.63. The fraction of sp³-hybridized carbons (Fsp3) is 0.500. The fourth-order valence-electron chi connectivity index (χ4n) is 1.77. The molecule has 5 heteroatoms. The third-order valence-electron chi connectivity index (χ3n) is 2.46. The summed E-state index contributed by atoms with van der Waals surface area (Å²) in [6.07, 6.45) is 0. The van der Waals surface area contributed by atoms with Crippen LogP contribution in [0.25, 0.3) is 0 Å². The lowest BCUT2D eigenvalue weighted by atomic mass is 10.2. The van der Waals surface area contributed by atoms with E-state index in [9.17, 15) is 0 Å². The van der Waals surface area contributed by atoms with Gasteiger partial charge in [-0.15, -0.1) is 24.0 Å². The van der Waals surface area contributed by atoms with Crippen LogP contribution in [-0.4, -0.2) is 50.6 Å². The Bertz CT molecular complexity index is 395. The predicted octanol–water partition coefficient (Wildman–Crippen LogP) is 2.68. The molecule has 4 nitrogen and oxygen atoms in total. The van der Waals surface area contributed by atoms with E-state index in [0.717, 1.165) is 17.3 Å². The highest BCUT2D eigenvalue weighted by atomic mass is 127. The number of aliphatic imine (C=N–C) groups is 1. The molecule has 0 saturated carbocycles. The molecule has 0 spiro atoms. The smallest absolute Gasteiger partial charge is 0.195 e. The Balaban J connectivity index is 0.00000324. The number of guanidine groups is 1. The maximum Gasteiger partial charge on any atom is 0.195 e. The average molecular weight is 377 g/mol. The van der Waals surface area contributed by atoms with E-state index in [4.69, 9.17) is 4.74 Å². The summed E-state index contributed by atoms with van der Waals surface area (Å²) >= 11 is 0. The van der Waals surface area contributed by atoms with E-state index < -0.39 is 0 Å². The van der Waals surface area contributed by atoms with Gasteiger partial charge in [0.05, 0.1) is 13.2 Å². The van der Waals surface area contributed by atoms with Gasteiger partial charge in [-0.05, 0) is 13.0 Å². The lowest BCUT2D eigenvalue weighted by Gasteiger charge is -2.22. The number of rotatable bonds is 4. The van der Waals surface area contributed by atoms with E-state index in [2.05, 4.69) is 11.1 Å². The molecule has 0 atom stereocenters. The predicted molar refractivity (Wildman–Crippen MR) is 91.5 cm³/mol. The van der Waals surface area contributed by atoms with Gasteiger partial charge < -0.3 is 14.5 Å². The molecule has 0 N–H and O–H groups in total. The van der Waals surface area contributed by atoms with Crippen molar-refractivity contribution in [3.63, 3.8) is 0 Å². The third kappa shape index (κ3) is 5.67. The number of para-hydroxylation sites is 1. The van der Waals surface area contributed by atoms with Gasteiger partial charge in [0.2, 0.25) is 0 Å². The first kappa shape index (κ1) is 18.0. The molecule has 0 aliphatic heterocycles. The maximum atomic E-state index is 5.59. The van der Waals surface area contributed by atoms with Gasteiger partial charge >= 0.3 is 0 Å². The van der Waals surface area contributed by atoms with Crippen LogP contribution in [0.5, 0.6) is 5.75 Å². The maximum absolute atomic E-state index is 5.59. The molecule has 1 aromatic carbocycles. The molecule has 0 aliphatic carbocycles. The Kier molecular flexibility index (Phi) is 8.54. The summed E-state index contributed by atoms with van der Waals surface area (Å²) in [7, 11) is 7.97. The Morgan fingerprint density at radius 2 is 1.68 bits per heavy atom. The number of ether oxygens (including phenoxy) is 1. The Morgan fingerprint density at radius 3 is 2.21 bits per heavy atom. The highest BCUT2D eigenvalue weighted by Gasteiger charge is 2.06. The van der Waals surface area contributed by atoms with E-state index in [1.54, 1.807) is 0 Å². The number of hydrogen-bond donors (Lipinski definition) is 0. The zero-order chi connectivity index (χ0) is 13.5. The standard InChI is InChI=1S/C14H23N3O.HI/c1-6-18-13-10-8-7-9-12(13)11-15-14(16(2)3)17(4)5;/h7-10H,6,11H2,1-5H3;1H. The largest absolute Gasteiger partial charge is 0.494 e. The second-order valence-corrected chi connectivity index (χ2v) is 4.45. The van der Waals surface area contributed by atoms with Crippen LogP contribution in [0, 0.1) is 0 Å². The van der Waals surface area contributed by atoms with E-state index in [1.165, 1.54) is 0 Å². The minimum atomic E-state index is 0. The second kappa shape index (κ2) is 9.01. The minimum Gasteiger partial charge on any atom is -0.494 e. The van der Waals surface area contributed by atoms with Crippen LogP contribution in [0.1, 0.15) is 12.5 Å². The SMILES string of the molecule is CCOc1ccccc1CN=C(N(C)C)N(C)C.I. The van der Waals surface area contributed by atoms with Gasteiger partial charge in [-0.2, -0.15) is 0 Å². The molecule has 0 unspecified atom stereocenters. The third-order valence-corrected chi connectivity index (χ3v) is 2.46. The zero-order valence-electron chi connectivity index (χ0n) is 12.4. The first-order chi connectivity index (χ1) is 8.56. The van der Waals surface area contributed by atoms with Crippen molar-refractivity contribution >= 4 is 29.9 Å². The topological polar surface area (TPSA) is 28.1 Å². The van der Waals surface area contributed by atoms with E-state index >= 15 is 0 Å². The molecule has 19 heavy (non-hydrogen) atoms. The van der Waals surface area contributed by atoms with Crippen LogP contribution in [0.3, 0.4) is 0 Å². The summed E-state index contributed by atoms with van der Waals surface area (Å²) in [5.41, 5.74) is 1.11. The normalized spacial score (nSPS) is 9.32. The number of hydrogen-bond acceptors (Lipinski definition) is 2. The quantitative estimate of drug-likeness (QED) is 0.459. The molecule has 1 aromatic rings. The zero-order valence-corrected chi connectivity index (χ0v) is 14.7. The second-order valence-electron chi connectivity index (χ2n) is 4.45. The fourth-order valence-corrected chi connectivity index (χ4v) is 1.77. The Labute approximate surface area is 133 Å². The highest BCUT2D eigenvalue weighted by Crippen LogP contribution is 2.18. The van der Waals surface area contributed by atoms with Crippen molar-refractivity contribution in [2.45, 2.75) is 13.5 Å². The van der Waals surface area contributed by atoms with Crippen molar-refractivity contribution in [3.05, 3.63) is 29.8 Å².